The summed E-state index contributed by atoms with van der Waals surface area (Å²) >= 11 is 0. The Morgan fingerprint density at radius 1 is 0.200 bits per heavy atom. The lowest BCUT2D eigenvalue weighted by molar-refractivity contribution is -0.167. The van der Waals surface area contributed by atoms with E-state index in [9.17, 15) is 14.4 Å². The molecule has 1 atom stereocenters. The molecule has 0 aliphatic heterocycles. The minimum absolute atomic E-state index is 0.0598. The smallest absolute Gasteiger partial charge is 0.306 e. The minimum atomic E-state index is -0.764. The fourth-order valence-corrected chi connectivity index (χ4v) is 11.8. The van der Waals surface area contributed by atoms with Crippen molar-refractivity contribution in [3.63, 3.8) is 0 Å². The van der Waals surface area contributed by atoms with Crippen LogP contribution in [0.15, 0.2) is 0 Å². The number of esters is 3. The molecule has 0 heterocycles. The van der Waals surface area contributed by atoms with Crippen molar-refractivity contribution in [2.75, 3.05) is 13.2 Å². The number of carbonyl (C=O) groups excluding carboxylic acids is 3. The lowest BCUT2D eigenvalue weighted by Crippen LogP contribution is -2.30. The Morgan fingerprint density at radius 3 is 0.500 bits per heavy atom. The number of ether oxygens (including phenoxy) is 3. The van der Waals surface area contributed by atoms with E-state index in [1.807, 2.05) is 0 Å². The van der Waals surface area contributed by atoms with Gasteiger partial charge in [-0.05, 0) is 19.3 Å². The van der Waals surface area contributed by atoms with Gasteiger partial charge in [-0.25, -0.2) is 0 Å². The predicted octanol–water partition coefficient (Wildman–Crippen LogP) is 25.4. The highest BCUT2D eigenvalue weighted by atomic mass is 16.6. The quantitative estimate of drug-likeness (QED) is 0.0343. The molecule has 0 bridgehead atoms. The Bertz CT molecular complexity index is 1200. The van der Waals surface area contributed by atoms with Gasteiger partial charge in [0.15, 0.2) is 6.10 Å². The third-order valence-electron chi connectivity index (χ3n) is 17.4. The van der Waals surface area contributed by atoms with E-state index in [1.54, 1.807) is 0 Å². The van der Waals surface area contributed by atoms with Gasteiger partial charge in [0.2, 0.25) is 0 Å². The predicted molar refractivity (Wildman–Crippen MR) is 349 cm³/mol. The van der Waals surface area contributed by atoms with Crippen LogP contribution < -0.4 is 0 Å². The van der Waals surface area contributed by atoms with E-state index in [2.05, 4.69) is 20.8 Å². The van der Waals surface area contributed by atoms with Crippen molar-refractivity contribution in [2.45, 2.75) is 444 Å². The van der Waals surface area contributed by atoms with E-state index in [0.717, 1.165) is 57.8 Å². The van der Waals surface area contributed by atoms with Gasteiger partial charge in [0, 0.05) is 19.3 Å². The van der Waals surface area contributed by atoms with Crippen LogP contribution in [-0.4, -0.2) is 37.2 Å². The van der Waals surface area contributed by atoms with Gasteiger partial charge in [0.05, 0.1) is 0 Å². The van der Waals surface area contributed by atoms with Crippen LogP contribution in [0.4, 0.5) is 0 Å². The molecule has 0 fully saturated rings. The van der Waals surface area contributed by atoms with Crippen LogP contribution in [0.2, 0.25) is 0 Å². The summed E-state index contributed by atoms with van der Waals surface area (Å²) in [5, 5.41) is 0. The number of unbranched alkanes of at least 4 members (excludes halogenated alkanes) is 59. The standard InChI is InChI=1S/C74H144O6/c1-4-7-10-13-16-19-22-25-28-31-34-35-36-37-38-39-41-43-46-49-52-55-58-61-64-67-73(76)79-70-71(69-78-72(75)66-63-60-57-54-51-48-45-42-33-30-27-24-21-18-15-12-9-6-3)80-74(77)68-65-62-59-56-53-50-47-44-40-32-29-26-23-20-17-14-11-8-5-2/h71H,4-70H2,1-3H3. The molecular weight excluding hydrogens is 985 g/mol. The van der Waals surface area contributed by atoms with Crippen molar-refractivity contribution in [1.82, 2.24) is 0 Å². The Labute approximate surface area is 501 Å². The molecule has 6 heteroatoms. The highest BCUT2D eigenvalue weighted by molar-refractivity contribution is 5.71. The van der Waals surface area contributed by atoms with E-state index in [1.165, 1.54) is 340 Å². The molecule has 0 radical (unpaired) electrons. The lowest BCUT2D eigenvalue weighted by atomic mass is 10.0. The second kappa shape index (κ2) is 69.9. The highest BCUT2D eigenvalue weighted by Gasteiger charge is 2.20. The van der Waals surface area contributed by atoms with Crippen molar-refractivity contribution in [3.8, 4) is 0 Å². The molecule has 0 aliphatic rings. The molecule has 6 nitrogen and oxygen atoms in total. The van der Waals surface area contributed by atoms with Gasteiger partial charge in [0.1, 0.15) is 13.2 Å². The third kappa shape index (κ3) is 67.2. The summed E-state index contributed by atoms with van der Waals surface area (Å²) in [6, 6.07) is 0. The number of hydrogen-bond donors (Lipinski definition) is 0. The van der Waals surface area contributed by atoms with Gasteiger partial charge in [0.25, 0.3) is 0 Å². The van der Waals surface area contributed by atoms with E-state index in [0.29, 0.717) is 19.3 Å². The summed E-state index contributed by atoms with van der Waals surface area (Å²) in [5.74, 6) is -0.815. The molecule has 0 amide bonds. The second-order valence-electron chi connectivity index (χ2n) is 25.6. The van der Waals surface area contributed by atoms with Gasteiger partial charge < -0.3 is 14.2 Å². The lowest BCUT2D eigenvalue weighted by Gasteiger charge is -2.18. The summed E-state index contributed by atoms with van der Waals surface area (Å²) in [6.45, 7) is 6.76. The first kappa shape index (κ1) is 78.4. The van der Waals surface area contributed by atoms with Crippen LogP contribution >= 0.6 is 0 Å². The zero-order valence-electron chi connectivity index (χ0n) is 54.9. The topological polar surface area (TPSA) is 78.9 Å². The molecular formula is C74H144O6. The Hall–Kier alpha value is -1.59. The molecule has 0 N–H and O–H groups in total. The van der Waals surface area contributed by atoms with Crippen LogP contribution in [0.3, 0.4) is 0 Å². The molecule has 0 aromatic heterocycles. The largest absolute Gasteiger partial charge is 0.462 e. The van der Waals surface area contributed by atoms with Gasteiger partial charge in [-0.2, -0.15) is 0 Å². The summed E-state index contributed by atoms with van der Waals surface area (Å²) in [4.78, 5) is 38.5. The Morgan fingerprint density at radius 2 is 0.338 bits per heavy atom. The zero-order chi connectivity index (χ0) is 57.8. The molecule has 0 aromatic rings. The van der Waals surface area contributed by atoms with Crippen molar-refractivity contribution >= 4 is 17.9 Å². The van der Waals surface area contributed by atoms with Crippen LogP contribution in [-0.2, 0) is 28.6 Å². The van der Waals surface area contributed by atoms with Crippen molar-refractivity contribution in [3.05, 3.63) is 0 Å². The van der Waals surface area contributed by atoms with Gasteiger partial charge in [-0.15, -0.1) is 0 Å². The van der Waals surface area contributed by atoms with Crippen molar-refractivity contribution in [1.29, 1.82) is 0 Å². The maximum absolute atomic E-state index is 13.0. The molecule has 0 saturated heterocycles. The maximum atomic E-state index is 13.0. The first-order valence-electron chi connectivity index (χ1n) is 37.0. The number of carbonyl (C=O) groups is 3. The van der Waals surface area contributed by atoms with Crippen LogP contribution in [0.1, 0.15) is 438 Å². The molecule has 0 saturated carbocycles. The third-order valence-corrected chi connectivity index (χ3v) is 17.4. The fraction of sp³-hybridized carbons (Fsp3) is 0.959. The number of hydrogen-bond acceptors (Lipinski definition) is 6. The molecule has 0 aliphatic carbocycles. The second-order valence-corrected chi connectivity index (χ2v) is 25.6. The van der Waals surface area contributed by atoms with Crippen LogP contribution in [0.25, 0.3) is 0 Å². The molecule has 476 valence electrons. The average molecular weight is 1130 g/mol. The molecule has 1 unspecified atom stereocenters. The van der Waals surface area contributed by atoms with E-state index in [4.69, 9.17) is 14.2 Å². The highest BCUT2D eigenvalue weighted by Crippen LogP contribution is 2.20. The summed E-state index contributed by atoms with van der Waals surface area (Å²) in [6.07, 6.45) is 82.8. The van der Waals surface area contributed by atoms with Crippen LogP contribution in [0.5, 0.6) is 0 Å². The molecule has 80 heavy (non-hydrogen) atoms. The minimum Gasteiger partial charge on any atom is -0.462 e. The average Bonchev–Trinajstić information content (AvgIpc) is 3.46. The van der Waals surface area contributed by atoms with Crippen molar-refractivity contribution < 1.29 is 28.6 Å². The molecule has 0 aromatic carbocycles. The van der Waals surface area contributed by atoms with Gasteiger partial charge in [-0.1, -0.05) is 400 Å². The Kier molecular flexibility index (Phi) is 68.5. The van der Waals surface area contributed by atoms with Gasteiger partial charge in [-0.3, -0.25) is 14.4 Å². The van der Waals surface area contributed by atoms with E-state index in [-0.39, 0.29) is 31.1 Å². The SMILES string of the molecule is CCCCCCCCCCCCCCCCCCCCCCCCCCCC(=O)OCC(COC(=O)CCCCCCCCCCCCCCCCCCCC)OC(=O)CCCCCCCCCCCCCCCCCCCCC. The van der Waals surface area contributed by atoms with E-state index >= 15 is 0 Å². The van der Waals surface area contributed by atoms with Gasteiger partial charge >= 0.3 is 17.9 Å². The maximum Gasteiger partial charge on any atom is 0.306 e. The first-order chi connectivity index (χ1) is 39.5. The first-order valence-corrected chi connectivity index (χ1v) is 37.0. The monoisotopic (exact) mass is 1130 g/mol. The summed E-state index contributed by atoms with van der Waals surface area (Å²) in [7, 11) is 0. The normalized spacial score (nSPS) is 11.9. The fourth-order valence-electron chi connectivity index (χ4n) is 11.8. The molecule has 0 rings (SSSR count). The van der Waals surface area contributed by atoms with Crippen LogP contribution in [0, 0.1) is 0 Å². The zero-order valence-corrected chi connectivity index (χ0v) is 54.9. The number of rotatable bonds is 70. The van der Waals surface area contributed by atoms with Crippen molar-refractivity contribution in [2.24, 2.45) is 0 Å². The summed E-state index contributed by atoms with van der Waals surface area (Å²) in [5.41, 5.74) is 0. The van der Waals surface area contributed by atoms with E-state index < -0.39 is 6.10 Å². The Balaban J connectivity index is 4.23. The summed E-state index contributed by atoms with van der Waals surface area (Å²) < 4.78 is 17.0. The molecule has 0 spiro atoms.